The van der Waals surface area contributed by atoms with Gasteiger partial charge >= 0.3 is 0 Å². The third-order valence-electron chi connectivity index (χ3n) is 2.28. The van der Waals surface area contributed by atoms with E-state index in [4.69, 9.17) is 11.6 Å². The number of rotatable bonds is 2. The standard InChI is InChI=1S/C10H13ClFN/c1-4-6(2)8-9(12)7(3)5-13-10(8)11/h5-6H,4H2,1-3H3. The van der Waals surface area contributed by atoms with Crippen LogP contribution in [-0.2, 0) is 0 Å². The van der Waals surface area contributed by atoms with Crippen molar-refractivity contribution >= 4 is 11.6 Å². The zero-order valence-corrected chi connectivity index (χ0v) is 8.82. The van der Waals surface area contributed by atoms with Crippen LogP contribution < -0.4 is 0 Å². The van der Waals surface area contributed by atoms with E-state index in [0.717, 1.165) is 6.42 Å². The molecule has 0 amide bonds. The lowest BCUT2D eigenvalue weighted by Gasteiger charge is -2.12. The van der Waals surface area contributed by atoms with Crippen LogP contribution in [0.15, 0.2) is 6.20 Å². The van der Waals surface area contributed by atoms with Crippen LogP contribution >= 0.6 is 11.6 Å². The normalized spacial score (nSPS) is 13.0. The summed E-state index contributed by atoms with van der Waals surface area (Å²) in [5.74, 6) is -0.0887. The molecule has 0 radical (unpaired) electrons. The molecule has 3 heteroatoms. The van der Waals surface area contributed by atoms with E-state index in [9.17, 15) is 4.39 Å². The van der Waals surface area contributed by atoms with Crippen LogP contribution in [-0.4, -0.2) is 4.98 Å². The van der Waals surface area contributed by atoms with Crippen molar-refractivity contribution in [3.8, 4) is 0 Å². The smallest absolute Gasteiger partial charge is 0.135 e. The van der Waals surface area contributed by atoms with Gasteiger partial charge in [0.25, 0.3) is 0 Å². The van der Waals surface area contributed by atoms with Crippen LogP contribution in [0.25, 0.3) is 0 Å². The van der Waals surface area contributed by atoms with Gasteiger partial charge in [-0.25, -0.2) is 9.37 Å². The summed E-state index contributed by atoms with van der Waals surface area (Å²) in [5.41, 5.74) is 1.10. The minimum Gasteiger partial charge on any atom is -0.244 e. The van der Waals surface area contributed by atoms with E-state index in [1.165, 1.54) is 6.20 Å². The summed E-state index contributed by atoms with van der Waals surface area (Å²) in [4.78, 5) is 3.93. The SMILES string of the molecule is CCC(C)c1c(Cl)ncc(C)c1F. The van der Waals surface area contributed by atoms with E-state index in [0.29, 0.717) is 11.1 Å². The first kappa shape index (κ1) is 10.5. The molecule has 0 fully saturated rings. The molecule has 0 aliphatic carbocycles. The number of aromatic nitrogens is 1. The van der Waals surface area contributed by atoms with Crippen molar-refractivity contribution in [3.05, 3.63) is 28.3 Å². The molecule has 1 heterocycles. The largest absolute Gasteiger partial charge is 0.244 e. The van der Waals surface area contributed by atoms with Crippen molar-refractivity contribution in [1.82, 2.24) is 4.98 Å². The zero-order chi connectivity index (χ0) is 10.0. The molecule has 0 saturated heterocycles. The molecule has 0 aliphatic rings. The quantitative estimate of drug-likeness (QED) is 0.665. The van der Waals surface area contributed by atoms with Gasteiger partial charge in [-0.2, -0.15) is 0 Å². The summed E-state index contributed by atoms with van der Waals surface area (Å²) in [6, 6.07) is 0. The molecule has 1 unspecified atom stereocenters. The minimum atomic E-state index is -0.214. The van der Waals surface area contributed by atoms with Gasteiger partial charge in [0.1, 0.15) is 11.0 Å². The molecule has 72 valence electrons. The number of hydrogen-bond acceptors (Lipinski definition) is 1. The molecule has 1 aromatic heterocycles. The second kappa shape index (κ2) is 4.05. The van der Waals surface area contributed by atoms with Crippen LogP contribution in [0.1, 0.15) is 37.3 Å². The van der Waals surface area contributed by atoms with Crippen molar-refractivity contribution in [3.63, 3.8) is 0 Å². The Morgan fingerprint density at radius 3 is 2.77 bits per heavy atom. The van der Waals surface area contributed by atoms with Gasteiger partial charge in [-0.1, -0.05) is 25.4 Å². The maximum Gasteiger partial charge on any atom is 0.135 e. The maximum absolute atomic E-state index is 13.6. The van der Waals surface area contributed by atoms with Gasteiger partial charge in [0.15, 0.2) is 0 Å². The lowest BCUT2D eigenvalue weighted by molar-refractivity contribution is 0.572. The first-order valence-corrected chi connectivity index (χ1v) is 4.76. The fourth-order valence-electron chi connectivity index (χ4n) is 1.21. The second-order valence-electron chi connectivity index (χ2n) is 3.27. The fourth-order valence-corrected chi connectivity index (χ4v) is 1.52. The second-order valence-corrected chi connectivity index (χ2v) is 3.63. The number of aryl methyl sites for hydroxylation is 1. The molecule has 0 aromatic carbocycles. The number of hydrogen-bond donors (Lipinski definition) is 0. The summed E-state index contributed by atoms with van der Waals surface area (Å²) in [7, 11) is 0. The summed E-state index contributed by atoms with van der Waals surface area (Å²) >= 11 is 5.82. The first-order valence-electron chi connectivity index (χ1n) is 4.38. The summed E-state index contributed by atoms with van der Waals surface area (Å²) in [6.45, 7) is 5.65. The third kappa shape index (κ3) is 1.99. The highest BCUT2D eigenvalue weighted by atomic mass is 35.5. The molecule has 0 aliphatic heterocycles. The van der Waals surface area contributed by atoms with Gasteiger partial charge in [0.05, 0.1) is 0 Å². The van der Waals surface area contributed by atoms with Crippen LogP contribution in [0.5, 0.6) is 0 Å². The molecule has 1 atom stereocenters. The van der Waals surface area contributed by atoms with Gasteiger partial charge in [-0.05, 0) is 19.3 Å². The molecule has 0 bridgehead atoms. The van der Waals surface area contributed by atoms with E-state index in [1.807, 2.05) is 13.8 Å². The highest BCUT2D eigenvalue weighted by molar-refractivity contribution is 6.30. The topological polar surface area (TPSA) is 12.9 Å². The van der Waals surface area contributed by atoms with Crippen molar-refractivity contribution in [2.45, 2.75) is 33.1 Å². The molecular formula is C10H13ClFN. The Kier molecular flexibility index (Phi) is 3.26. The predicted octanol–water partition coefficient (Wildman–Crippen LogP) is 3.70. The lowest BCUT2D eigenvalue weighted by Crippen LogP contribution is -2.01. The van der Waals surface area contributed by atoms with Crippen molar-refractivity contribution in [1.29, 1.82) is 0 Å². The van der Waals surface area contributed by atoms with Gasteiger partial charge in [-0.3, -0.25) is 0 Å². The number of pyridine rings is 1. The Morgan fingerprint density at radius 2 is 2.23 bits per heavy atom. The molecule has 0 saturated carbocycles. The molecule has 1 rings (SSSR count). The lowest BCUT2D eigenvalue weighted by atomic mass is 9.99. The molecular weight excluding hydrogens is 189 g/mol. The predicted molar refractivity (Wildman–Crippen MR) is 52.6 cm³/mol. The third-order valence-corrected chi connectivity index (χ3v) is 2.58. The Bertz CT molecular complexity index is 312. The van der Waals surface area contributed by atoms with Gasteiger partial charge in [0, 0.05) is 17.3 Å². The average molecular weight is 202 g/mol. The van der Waals surface area contributed by atoms with Crippen LogP contribution in [0, 0.1) is 12.7 Å². The van der Waals surface area contributed by atoms with Crippen molar-refractivity contribution in [2.75, 3.05) is 0 Å². The Hall–Kier alpha value is -0.630. The highest BCUT2D eigenvalue weighted by Gasteiger charge is 2.16. The monoisotopic (exact) mass is 201 g/mol. The van der Waals surface area contributed by atoms with E-state index < -0.39 is 0 Å². The molecule has 1 nitrogen and oxygen atoms in total. The fraction of sp³-hybridized carbons (Fsp3) is 0.500. The van der Waals surface area contributed by atoms with Crippen molar-refractivity contribution < 1.29 is 4.39 Å². The van der Waals surface area contributed by atoms with Gasteiger partial charge < -0.3 is 0 Å². The Balaban J connectivity index is 3.25. The highest BCUT2D eigenvalue weighted by Crippen LogP contribution is 2.28. The van der Waals surface area contributed by atoms with E-state index >= 15 is 0 Å². The Morgan fingerprint density at radius 1 is 1.62 bits per heavy atom. The average Bonchev–Trinajstić information content (AvgIpc) is 2.12. The maximum atomic E-state index is 13.6. The van der Waals surface area contributed by atoms with E-state index in [1.54, 1.807) is 6.92 Å². The summed E-state index contributed by atoms with van der Waals surface area (Å²) < 4.78 is 13.6. The van der Waals surface area contributed by atoms with E-state index in [-0.39, 0.29) is 16.9 Å². The summed E-state index contributed by atoms with van der Waals surface area (Å²) in [6.07, 6.45) is 2.32. The van der Waals surface area contributed by atoms with Gasteiger partial charge in [0.2, 0.25) is 0 Å². The van der Waals surface area contributed by atoms with Crippen LogP contribution in [0.3, 0.4) is 0 Å². The number of halogens is 2. The zero-order valence-electron chi connectivity index (χ0n) is 8.06. The molecule has 1 aromatic rings. The van der Waals surface area contributed by atoms with Crippen molar-refractivity contribution in [2.24, 2.45) is 0 Å². The van der Waals surface area contributed by atoms with Crippen LogP contribution in [0.2, 0.25) is 5.15 Å². The van der Waals surface area contributed by atoms with Gasteiger partial charge in [-0.15, -0.1) is 0 Å². The first-order chi connectivity index (χ1) is 6.07. The minimum absolute atomic E-state index is 0.125. The number of nitrogens with zero attached hydrogens (tertiary/aromatic N) is 1. The molecule has 0 N–H and O–H groups in total. The van der Waals surface area contributed by atoms with E-state index in [2.05, 4.69) is 4.98 Å². The Labute approximate surface area is 82.9 Å². The molecule has 13 heavy (non-hydrogen) atoms. The van der Waals surface area contributed by atoms with Crippen LogP contribution in [0.4, 0.5) is 4.39 Å². The summed E-state index contributed by atoms with van der Waals surface area (Å²) in [5, 5.41) is 0.289. The molecule has 0 spiro atoms.